The van der Waals surface area contributed by atoms with Crippen LogP contribution in [0.5, 0.6) is 0 Å². The summed E-state index contributed by atoms with van der Waals surface area (Å²) in [7, 11) is 0. The molecule has 0 aromatic heterocycles. The fourth-order valence-corrected chi connectivity index (χ4v) is 2.86. The Morgan fingerprint density at radius 3 is 2.67 bits per heavy atom. The van der Waals surface area contributed by atoms with Gasteiger partial charge >= 0.3 is 0 Å². The smallest absolute Gasteiger partial charge is 0.0494 e. The average molecular weight is 211 g/mol. The van der Waals surface area contributed by atoms with Crippen molar-refractivity contribution in [3.8, 4) is 0 Å². The van der Waals surface area contributed by atoms with Crippen LogP contribution in [0.15, 0.2) is 0 Å². The first-order chi connectivity index (χ1) is 7.45. The average Bonchev–Trinajstić information content (AvgIpc) is 2.88. The molecule has 1 aliphatic carbocycles. The van der Waals surface area contributed by atoms with Gasteiger partial charge < -0.3 is 10.1 Å². The van der Waals surface area contributed by atoms with Crippen molar-refractivity contribution in [1.82, 2.24) is 5.32 Å². The van der Waals surface area contributed by atoms with Gasteiger partial charge in [-0.15, -0.1) is 0 Å². The normalized spacial score (nSPS) is 27.6. The lowest BCUT2D eigenvalue weighted by atomic mass is 10.1. The van der Waals surface area contributed by atoms with Gasteiger partial charge in [0.2, 0.25) is 0 Å². The predicted molar refractivity (Wildman–Crippen MR) is 63.0 cm³/mol. The maximum Gasteiger partial charge on any atom is 0.0494 e. The van der Waals surface area contributed by atoms with Gasteiger partial charge in [-0.3, -0.25) is 0 Å². The Morgan fingerprint density at radius 2 is 1.93 bits per heavy atom. The lowest BCUT2D eigenvalue weighted by Gasteiger charge is -2.12. The molecule has 2 nitrogen and oxygen atoms in total. The SMILES string of the molecule is C1CCC(COCCCC2CCCN2)C1. The zero-order valence-corrected chi connectivity index (χ0v) is 9.84. The lowest BCUT2D eigenvalue weighted by Crippen LogP contribution is -2.21. The van der Waals surface area contributed by atoms with Gasteiger partial charge in [0.05, 0.1) is 0 Å². The lowest BCUT2D eigenvalue weighted by molar-refractivity contribution is 0.0969. The molecule has 1 aliphatic heterocycles. The van der Waals surface area contributed by atoms with E-state index in [4.69, 9.17) is 4.74 Å². The summed E-state index contributed by atoms with van der Waals surface area (Å²) in [6.45, 7) is 3.24. The van der Waals surface area contributed by atoms with E-state index in [1.807, 2.05) is 0 Å². The molecule has 0 radical (unpaired) electrons. The minimum atomic E-state index is 0.792. The Hall–Kier alpha value is -0.0800. The second-order valence-corrected chi connectivity index (χ2v) is 5.16. The highest BCUT2D eigenvalue weighted by molar-refractivity contribution is 4.73. The van der Waals surface area contributed by atoms with Gasteiger partial charge in [0.1, 0.15) is 0 Å². The van der Waals surface area contributed by atoms with Crippen LogP contribution in [0.3, 0.4) is 0 Å². The molecule has 1 unspecified atom stereocenters. The summed E-state index contributed by atoms with van der Waals surface area (Å²) in [6, 6.07) is 0.792. The van der Waals surface area contributed by atoms with Crippen LogP contribution in [-0.2, 0) is 4.74 Å². The summed E-state index contributed by atoms with van der Waals surface area (Å²) >= 11 is 0. The summed E-state index contributed by atoms with van der Waals surface area (Å²) in [4.78, 5) is 0. The van der Waals surface area contributed by atoms with Crippen molar-refractivity contribution in [3.63, 3.8) is 0 Å². The Labute approximate surface area is 93.8 Å². The van der Waals surface area contributed by atoms with Gasteiger partial charge in [-0.1, -0.05) is 12.8 Å². The summed E-state index contributed by atoms with van der Waals surface area (Å²) in [6.07, 6.45) is 11.0. The molecule has 1 N–H and O–H groups in total. The van der Waals surface area contributed by atoms with E-state index in [-0.39, 0.29) is 0 Å². The molecular weight excluding hydrogens is 186 g/mol. The molecule has 1 atom stereocenters. The fraction of sp³-hybridized carbons (Fsp3) is 1.00. The maximum absolute atomic E-state index is 5.75. The van der Waals surface area contributed by atoms with Crippen molar-refractivity contribution in [3.05, 3.63) is 0 Å². The van der Waals surface area contributed by atoms with E-state index in [1.54, 1.807) is 0 Å². The van der Waals surface area contributed by atoms with Crippen LogP contribution in [-0.4, -0.2) is 25.8 Å². The topological polar surface area (TPSA) is 21.3 Å². The highest BCUT2D eigenvalue weighted by atomic mass is 16.5. The molecular formula is C13H25NO. The number of ether oxygens (including phenoxy) is 1. The Bertz CT molecular complexity index is 142. The van der Waals surface area contributed by atoms with Gasteiger partial charge in [0.25, 0.3) is 0 Å². The zero-order chi connectivity index (χ0) is 10.3. The molecule has 0 bridgehead atoms. The van der Waals surface area contributed by atoms with Gasteiger partial charge in [-0.25, -0.2) is 0 Å². The molecule has 1 saturated heterocycles. The highest BCUT2D eigenvalue weighted by Crippen LogP contribution is 2.24. The molecule has 1 heterocycles. The Morgan fingerprint density at radius 1 is 1.07 bits per heavy atom. The monoisotopic (exact) mass is 211 g/mol. The van der Waals surface area contributed by atoms with E-state index >= 15 is 0 Å². The third-order valence-corrected chi connectivity index (χ3v) is 3.83. The second kappa shape index (κ2) is 6.49. The van der Waals surface area contributed by atoms with Crippen LogP contribution >= 0.6 is 0 Å². The van der Waals surface area contributed by atoms with E-state index in [9.17, 15) is 0 Å². The molecule has 0 aromatic carbocycles. The molecule has 0 aromatic rings. The Kier molecular flexibility index (Phi) is 4.94. The van der Waals surface area contributed by atoms with Crippen molar-refractivity contribution in [1.29, 1.82) is 0 Å². The van der Waals surface area contributed by atoms with Crippen molar-refractivity contribution in [2.45, 2.75) is 57.4 Å². The van der Waals surface area contributed by atoms with Crippen molar-refractivity contribution < 1.29 is 4.74 Å². The first-order valence-corrected chi connectivity index (χ1v) is 6.76. The summed E-state index contributed by atoms with van der Waals surface area (Å²) in [5.74, 6) is 0.884. The van der Waals surface area contributed by atoms with Crippen LogP contribution in [0.4, 0.5) is 0 Å². The number of rotatable bonds is 6. The number of nitrogens with one attached hydrogen (secondary N) is 1. The van der Waals surface area contributed by atoms with Gasteiger partial charge in [0.15, 0.2) is 0 Å². The standard InChI is InChI=1S/C13H25NO/c1-2-6-12(5-1)11-15-10-4-8-13-7-3-9-14-13/h12-14H,1-11H2. The van der Waals surface area contributed by atoms with Gasteiger partial charge in [0, 0.05) is 19.3 Å². The van der Waals surface area contributed by atoms with Crippen molar-refractivity contribution in [2.75, 3.05) is 19.8 Å². The molecule has 2 heteroatoms. The van der Waals surface area contributed by atoms with E-state index in [2.05, 4.69) is 5.32 Å². The van der Waals surface area contributed by atoms with E-state index in [1.165, 1.54) is 57.9 Å². The summed E-state index contributed by atoms with van der Waals surface area (Å²) in [5, 5.41) is 3.53. The largest absolute Gasteiger partial charge is 0.381 e. The molecule has 88 valence electrons. The van der Waals surface area contributed by atoms with E-state index in [0.29, 0.717) is 0 Å². The van der Waals surface area contributed by atoms with Crippen LogP contribution in [0.2, 0.25) is 0 Å². The third kappa shape index (κ3) is 4.12. The number of hydrogen-bond acceptors (Lipinski definition) is 2. The van der Waals surface area contributed by atoms with Gasteiger partial charge in [-0.2, -0.15) is 0 Å². The van der Waals surface area contributed by atoms with Crippen LogP contribution < -0.4 is 5.32 Å². The van der Waals surface area contributed by atoms with Crippen molar-refractivity contribution >= 4 is 0 Å². The fourth-order valence-electron chi connectivity index (χ4n) is 2.86. The minimum Gasteiger partial charge on any atom is -0.381 e. The van der Waals surface area contributed by atoms with Crippen LogP contribution in [0, 0.1) is 5.92 Å². The molecule has 2 aliphatic rings. The molecule has 1 saturated carbocycles. The molecule has 0 amide bonds. The minimum absolute atomic E-state index is 0.792. The Balaban J connectivity index is 1.41. The predicted octanol–water partition coefficient (Wildman–Crippen LogP) is 2.73. The summed E-state index contributed by atoms with van der Waals surface area (Å²) in [5.41, 5.74) is 0. The molecule has 15 heavy (non-hydrogen) atoms. The van der Waals surface area contributed by atoms with E-state index in [0.717, 1.165) is 25.2 Å². The quantitative estimate of drug-likeness (QED) is 0.682. The van der Waals surface area contributed by atoms with Gasteiger partial charge in [-0.05, 0) is 51.0 Å². The van der Waals surface area contributed by atoms with E-state index < -0.39 is 0 Å². The van der Waals surface area contributed by atoms with Crippen LogP contribution in [0.1, 0.15) is 51.4 Å². The second-order valence-electron chi connectivity index (χ2n) is 5.16. The maximum atomic E-state index is 5.75. The highest BCUT2D eigenvalue weighted by Gasteiger charge is 2.15. The number of hydrogen-bond donors (Lipinski definition) is 1. The molecule has 2 rings (SSSR count). The zero-order valence-electron chi connectivity index (χ0n) is 9.84. The van der Waals surface area contributed by atoms with Crippen molar-refractivity contribution in [2.24, 2.45) is 5.92 Å². The first-order valence-electron chi connectivity index (χ1n) is 6.76. The third-order valence-electron chi connectivity index (χ3n) is 3.83. The molecule has 0 spiro atoms. The molecule has 2 fully saturated rings. The first kappa shape index (κ1) is 11.4. The summed E-state index contributed by atoms with van der Waals surface area (Å²) < 4.78 is 5.75. The van der Waals surface area contributed by atoms with Crippen LogP contribution in [0.25, 0.3) is 0 Å².